The molecule has 24 heavy (non-hydrogen) atoms. The second-order valence-electron chi connectivity index (χ2n) is 9.58. The number of fused-ring (bicyclic) bond motifs is 4. The van der Waals surface area contributed by atoms with E-state index in [0.717, 1.165) is 19.3 Å². The van der Waals surface area contributed by atoms with E-state index < -0.39 is 23.4 Å². The van der Waals surface area contributed by atoms with Crippen molar-refractivity contribution in [3.05, 3.63) is 12.2 Å². The van der Waals surface area contributed by atoms with Crippen LogP contribution in [-0.4, -0.2) is 34.0 Å². The van der Waals surface area contributed by atoms with E-state index >= 15 is 0 Å². The summed E-state index contributed by atoms with van der Waals surface area (Å²) in [5.74, 6) is -1.09. The number of aliphatic hydroxyl groups excluding tert-OH is 2. The van der Waals surface area contributed by atoms with E-state index in [1.54, 1.807) is 0 Å². The average molecular weight is 332 g/mol. The van der Waals surface area contributed by atoms with Crippen LogP contribution in [0, 0.1) is 34.0 Å². The highest BCUT2D eigenvalue weighted by molar-refractivity contribution is 6.19. The monoisotopic (exact) mass is 332 g/mol. The molecule has 0 amide bonds. The number of hydrogen-bond acceptors (Lipinski definition) is 4. The molecule has 1 unspecified atom stereocenters. The summed E-state index contributed by atoms with van der Waals surface area (Å²) in [4.78, 5) is 26.4. The van der Waals surface area contributed by atoms with Crippen LogP contribution in [-0.2, 0) is 9.59 Å². The molecule has 7 atom stereocenters. The predicted octanol–water partition coefficient (Wildman–Crippen LogP) is 2.28. The molecule has 4 fully saturated rings. The Morgan fingerprint density at radius 1 is 1.08 bits per heavy atom. The van der Waals surface area contributed by atoms with Crippen LogP contribution in [0.1, 0.15) is 52.9 Å². The van der Waals surface area contributed by atoms with Gasteiger partial charge < -0.3 is 10.2 Å². The highest BCUT2D eigenvalue weighted by Gasteiger charge is 2.74. The van der Waals surface area contributed by atoms with Gasteiger partial charge in [-0.2, -0.15) is 0 Å². The first-order valence-electron chi connectivity index (χ1n) is 9.22. The number of hydrogen-bond donors (Lipinski definition) is 2. The smallest absolute Gasteiger partial charge is 0.177 e. The quantitative estimate of drug-likeness (QED) is 0.527. The van der Waals surface area contributed by atoms with E-state index in [0.29, 0.717) is 18.4 Å². The normalized spacial score (nSPS) is 52.9. The highest BCUT2D eigenvalue weighted by atomic mass is 16.3. The van der Waals surface area contributed by atoms with Crippen LogP contribution in [0.15, 0.2) is 12.2 Å². The Morgan fingerprint density at radius 2 is 1.75 bits per heavy atom. The van der Waals surface area contributed by atoms with Crippen molar-refractivity contribution in [2.75, 3.05) is 0 Å². The zero-order valence-corrected chi connectivity index (χ0v) is 14.8. The minimum atomic E-state index is -1.65. The fourth-order valence-electron chi connectivity index (χ4n) is 6.92. The second kappa shape index (κ2) is 4.59. The van der Waals surface area contributed by atoms with Gasteiger partial charge in [0, 0.05) is 11.8 Å². The van der Waals surface area contributed by atoms with Crippen molar-refractivity contribution in [3.63, 3.8) is 0 Å². The van der Waals surface area contributed by atoms with Gasteiger partial charge in [0.15, 0.2) is 11.6 Å². The molecule has 0 aromatic heterocycles. The Morgan fingerprint density at radius 3 is 2.42 bits per heavy atom. The Balaban J connectivity index is 1.94. The summed E-state index contributed by atoms with van der Waals surface area (Å²) in [6.07, 6.45) is 1.78. The van der Waals surface area contributed by atoms with Gasteiger partial charge in [-0.1, -0.05) is 33.8 Å². The molecule has 0 aromatic carbocycles. The fraction of sp³-hybridized carbons (Fsp3) is 0.800. The molecule has 132 valence electrons. The van der Waals surface area contributed by atoms with Crippen LogP contribution in [0.4, 0.5) is 0 Å². The van der Waals surface area contributed by atoms with Gasteiger partial charge in [0.2, 0.25) is 0 Å². The molecular formula is C20H28O4. The summed E-state index contributed by atoms with van der Waals surface area (Å²) in [5.41, 5.74) is -1.51. The first-order valence-corrected chi connectivity index (χ1v) is 9.22. The third-order valence-electron chi connectivity index (χ3n) is 8.23. The highest BCUT2D eigenvalue weighted by Crippen LogP contribution is 2.66. The third-order valence-corrected chi connectivity index (χ3v) is 8.23. The van der Waals surface area contributed by atoms with Gasteiger partial charge in [-0.25, -0.2) is 0 Å². The average Bonchev–Trinajstić information content (AvgIpc) is 2.58. The third kappa shape index (κ3) is 1.58. The lowest BCUT2D eigenvalue weighted by molar-refractivity contribution is -0.164. The second-order valence-corrected chi connectivity index (χ2v) is 9.58. The molecule has 4 aliphatic rings. The fourth-order valence-corrected chi connectivity index (χ4v) is 6.92. The molecule has 4 aliphatic carbocycles. The largest absolute Gasteiger partial charge is 0.391 e. The van der Waals surface area contributed by atoms with Crippen LogP contribution in [0.3, 0.4) is 0 Å². The number of carbonyl (C=O) groups is 2. The maximum absolute atomic E-state index is 13.5. The lowest BCUT2D eigenvalue weighted by Gasteiger charge is -2.54. The van der Waals surface area contributed by atoms with Crippen LogP contribution >= 0.6 is 0 Å². The van der Waals surface area contributed by atoms with Crippen LogP contribution in [0.25, 0.3) is 0 Å². The van der Waals surface area contributed by atoms with Crippen molar-refractivity contribution in [1.29, 1.82) is 0 Å². The van der Waals surface area contributed by atoms with E-state index in [2.05, 4.69) is 27.4 Å². The molecule has 3 bridgehead atoms. The van der Waals surface area contributed by atoms with Gasteiger partial charge >= 0.3 is 0 Å². The van der Waals surface area contributed by atoms with E-state index in [1.807, 2.05) is 0 Å². The topological polar surface area (TPSA) is 74.6 Å². The Kier molecular flexibility index (Phi) is 3.15. The van der Waals surface area contributed by atoms with Crippen molar-refractivity contribution in [3.8, 4) is 0 Å². The Labute approximate surface area is 143 Å². The number of ketones is 2. The molecule has 4 nitrogen and oxygen atoms in total. The number of carbonyl (C=O) groups excluding carboxylic acids is 2. The molecule has 2 N–H and O–H groups in total. The molecule has 4 heteroatoms. The molecule has 0 radical (unpaired) electrons. The van der Waals surface area contributed by atoms with E-state index in [4.69, 9.17) is 0 Å². The first-order chi connectivity index (χ1) is 11.1. The van der Waals surface area contributed by atoms with Crippen molar-refractivity contribution in [2.45, 2.75) is 65.1 Å². The lowest BCUT2D eigenvalue weighted by Crippen LogP contribution is -2.58. The SMILES string of the molecule is C=C1C(=O)[C@@]23C(=O)C(C[C@@H]1[C@H]2O)[C@@]1(C)CCCC(C)(C)[C@@H]1C[C@H]3O. The van der Waals surface area contributed by atoms with E-state index in [-0.39, 0.29) is 34.4 Å². The van der Waals surface area contributed by atoms with Gasteiger partial charge in [0.25, 0.3) is 0 Å². The summed E-state index contributed by atoms with van der Waals surface area (Å²) in [6, 6.07) is 0. The molecule has 0 saturated heterocycles. The molecular weight excluding hydrogens is 304 g/mol. The van der Waals surface area contributed by atoms with Crippen molar-refractivity contribution in [2.24, 2.45) is 34.0 Å². The summed E-state index contributed by atoms with van der Waals surface area (Å²) in [6.45, 7) is 10.5. The number of aliphatic hydroxyl groups is 2. The van der Waals surface area contributed by atoms with Crippen molar-refractivity contribution in [1.82, 2.24) is 0 Å². The van der Waals surface area contributed by atoms with E-state index in [1.165, 1.54) is 0 Å². The summed E-state index contributed by atoms with van der Waals surface area (Å²) < 4.78 is 0. The van der Waals surface area contributed by atoms with Gasteiger partial charge in [0.1, 0.15) is 5.41 Å². The first kappa shape index (κ1) is 16.5. The van der Waals surface area contributed by atoms with Crippen LogP contribution in [0.2, 0.25) is 0 Å². The van der Waals surface area contributed by atoms with Crippen molar-refractivity contribution >= 4 is 11.6 Å². The summed E-state index contributed by atoms with van der Waals surface area (Å²) >= 11 is 0. The van der Waals surface area contributed by atoms with Gasteiger partial charge in [0.05, 0.1) is 12.2 Å². The minimum absolute atomic E-state index is 0.0205. The lowest BCUT2D eigenvalue weighted by atomic mass is 9.50. The predicted molar refractivity (Wildman–Crippen MR) is 89.0 cm³/mol. The van der Waals surface area contributed by atoms with E-state index in [9.17, 15) is 19.8 Å². The molecule has 4 rings (SSSR count). The summed E-state index contributed by atoms with van der Waals surface area (Å²) in [5, 5.41) is 21.9. The van der Waals surface area contributed by atoms with Crippen molar-refractivity contribution < 1.29 is 19.8 Å². The maximum atomic E-state index is 13.5. The van der Waals surface area contributed by atoms with Gasteiger partial charge in [-0.3, -0.25) is 9.59 Å². The zero-order chi connectivity index (χ0) is 17.7. The number of Topliss-reactive ketones (excluding diaryl/α,β-unsaturated/α-hetero) is 2. The maximum Gasteiger partial charge on any atom is 0.177 e. The zero-order valence-electron chi connectivity index (χ0n) is 14.8. The molecule has 0 aliphatic heterocycles. The molecule has 4 saturated carbocycles. The Bertz CT molecular complexity index is 650. The van der Waals surface area contributed by atoms with Gasteiger partial charge in [-0.05, 0) is 48.0 Å². The number of rotatable bonds is 0. The standard InChI is InChI=1S/C20H28O4/c1-10-11-8-12-17(24)20(15(10)22,16(11)23)14(21)9-13-18(2,3)6-5-7-19(12,13)4/h11-14,16,21,23H,1,5-9H2,2-4H3/t11-,12?,13-,14+,16+,19+,20+/m0/s1. The molecule has 0 aromatic rings. The molecule has 1 spiro atoms. The molecule has 0 heterocycles. The van der Waals surface area contributed by atoms with Gasteiger partial charge in [-0.15, -0.1) is 0 Å². The Hall–Kier alpha value is -1.00. The van der Waals surface area contributed by atoms with Crippen LogP contribution in [0.5, 0.6) is 0 Å². The van der Waals surface area contributed by atoms with Crippen LogP contribution < -0.4 is 0 Å². The summed E-state index contributed by atoms with van der Waals surface area (Å²) in [7, 11) is 0. The minimum Gasteiger partial charge on any atom is -0.391 e.